The summed E-state index contributed by atoms with van der Waals surface area (Å²) >= 11 is 0. The molecular weight excluding hydrogens is 164 g/mol. The number of nitrogens with zero attached hydrogens (tertiary/aromatic N) is 1. The lowest BCUT2D eigenvalue weighted by atomic mass is 9.89. The first kappa shape index (κ1) is 12.6. The Bertz CT molecular complexity index is 128. The van der Waals surface area contributed by atoms with Gasteiger partial charge in [0.25, 0.3) is 0 Å². The molecule has 2 atom stereocenters. The van der Waals surface area contributed by atoms with Crippen LogP contribution in [0.2, 0.25) is 0 Å². The molecule has 13 heavy (non-hydrogen) atoms. The molecule has 0 fully saturated rings. The second-order valence-corrected chi connectivity index (χ2v) is 3.78. The van der Waals surface area contributed by atoms with E-state index in [0.717, 1.165) is 6.42 Å². The van der Waals surface area contributed by atoms with Crippen LogP contribution in [0.4, 0.5) is 0 Å². The Labute approximate surface area is 81.1 Å². The molecular formula is C10H22N2O. The maximum atomic E-state index is 10.2. The van der Waals surface area contributed by atoms with Gasteiger partial charge >= 0.3 is 0 Å². The van der Waals surface area contributed by atoms with Crippen LogP contribution < -0.4 is 5.73 Å². The van der Waals surface area contributed by atoms with E-state index in [9.17, 15) is 4.91 Å². The molecule has 0 saturated carbocycles. The molecule has 3 heteroatoms. The van der Waals surface area contributed by atoms with Crippen LogP contribution in [0.1, 0.15) is 39.5 Å². The molecule has 0 rings (SSSR count). The fourth-order valence-electron chi connectivity index (χ4n) is 1.50. The van der Waals surface area contributed by atoms with Crippen LogP contribution in [0.3, 0.4) is 0 Å². The lowest BCUT2D eigenvalue weighted by molar-refractivity contribution is 0.340. The molecule has 0 aliphatic heterocycles. The molecule has 0 radical (unpaired) electrons. The van der Waals surface area contributed by atoms with Crippen LogP contribution in [-0.2, 0) is 0 Å². The van der Waals surface area contributed by atoms with Crippen molar-refractivity contribution in [3.05, 3.63) is 4.91 Å². The van der Waals surface area contributed by atoms with E-state index in [4.69, 9.17) is 5.73 Å². The number of rotatable bonds is 8. The lowest BCUT2D eigenvalue weighted by Crippen LogP contribution is -2.22. The summed E-state index contributed by atoms with van der Waals surface area (Å²) in [5, 5.41) is 2.98. The Morgan fingerprint density at radius 2 is 2.08 bits per heavy atom. The van der Waals surface area contributed by atoms with Gasteiger partial charge in [-0.1, -0.05) is 38.3 Å². The van der Waals surface area contributed by atoms with E-state index < -0.39 is 0 Å². The molecule has 0 saturated heterocycles. The average molecular weight is 186 g/mol. The number of hydrogen-bond acceptors (Lipinski definition) is 3. The van der Waals surface area contributed by atoms with Crippen molar-refractivity contribution in [3.63, 3.8) is 0 Å². The monoisotopic (exact) mass is 186 g/mol. The quantitative estimate of drug-likeness (QED) is 0.468. The molecule has 0 heterocycles. The molecule has 1 unspecified atom stereocenters. The van der Waals surface area contributed by atoms with Crippen molar-refractivity contribution in [2.45, 2.75) is 39.5 Å². The van der Waals surface area contributed by atoms with Gasteiger partial charge in [0.2, 0.25) is 0 Å². The highest BCUT2D eigenvalue weighted by Crippen LogP contribution is 2.18. The van der Waals surface area contributed by atoms with Gasteiger partial charge in [-0.2, -0.15) is 4.91 Å². The predicted octanol–water partition coefficient (Wildman–Crippen LogP) is 2.54. The number of unbranched alkanes of at least 4 members (excludes halogenated alkanes) is 2. The molecule has 0 amide bonds. The number of hydrogen-bond donors (Lipinski definition) is 1. The van der Waals surface area contributed by atoms with Crippen LogP contribution >= 0.6 is 0 Å². The Balaban J connectivity index is 3.72. The summed E-state index contributed by atoms with van der Waals surface area (Å²) in [6, 6.07) is 0. The van der Waals surface area contributed by atoms with Gasteiger partial charge in [-0.3, -0.25) is 0 Å². The fraction of sp³-hybridized carbons (Fsp3) is 1.00. The van der Waals surface area contributed by atoms with Gasteiger partial charge in [-0.25, -0.2) is 0 Å². The minimum absolute atomic E-state index is 0.397. The van der Waals surface area contributed by atoms with Gasteiger partial charge in [0.1, 0.15) is 0 Å². The third kappa shape index (κ3) is 5.75. The average Bonchev–Trinajstić information content (AvgIpc) is 2.16. The van der Waals surface area contributed by atoms with Gasteiger partial charge in [-0.15, -0.1) is 0 Å². The summed E-state index contributed by atoms with van der Waals surface area (Å²) < 4.78 is 0. The first-order valence-electron chi connectivity index (χ1n) is 5.25. The second kappa shape index (κ2) is 8.17. The van der Waals surface area contributed by atoms with Crippen LogP contribution in [0.25, 0.3) is 0 Å². The molecule has 0 aliphatic carbocycles. The maximum absolute atomic E-state index is 10.2. The van der Waals surface area contributed by atoms with Gasteiger partial charge in [0.15, 0.2) is 0 Å². The summed E-state index contributed by atoms with van der Waals surface area (Å²) in [4.78, 5) is 10.2. The van der Waals surface area contributed by atoms with Crippen LogP contribution in [-0.4, -0.2) is 13.1 Å². The molecule has 0 aromatic heterocycles. The molecule has 3 nitrogen and oxygen atoms in total. The molecule has 0 aromatic rings. The zero-order valence-electron chi connectivity index (χ0n) is 8.83. The van der Waals surface area contributed by atoms with Crippen molar-refractivity contribution < 1.29 is 0 Å². The van der Waals surface area contributed by atoms with E-state index in [-0.39, 0.29) is 0 Å². The molecule has 78 valence electrons. The lowest BCUT2D eigenvalue weighted by Gasteiger charge is -2.19. The summed E-state index contributed by atoms with van der Waals surface area (Å²) in [5.74, 6) is 0.823. The van der Waals surface area contributed by atoms with Crippen LogP contribution in [0.5, 0.6) is 0 Å². The third-order valence-electron chi connectivity index (χ3n) is 2.66. The van der Waals surface area contributed by atoms with E-state index in [2.05, 4.69) is 19.0 Å². The van der Waals surface area contributed by atoms with E-state index in [1.807, 2.05) is 0 Å². The summed E-state index contributed by atoms with van der Waals surface area (Å²) in [6.07, 6.45) is 4.75. The van der Waals surface area contributed by atoms with Crippen molar-refractivity contribution in [3.8, 4) is 0 Å². The van der Waals surface area contributed by atoms with Crippen LogP contribution in [0, 0.1) is 16.7 Å². The summed E-state index contributed by atoms with van der Waals surface area (Å²) in [5.41, 5.74) is 5.56. The predicted molar refractivity (Wildman–Crippen MR) is 56.5 cm³/mol. The Morgan fingerprint density at radius 3 is 2.54 bits per heavy atom. The largest absolute Gasteiger partial charge is 0.330 e. The first-order valence-corrected chi connectivity index (χ1v) is 5.25. The van der Waals surface area contributed by atoms with Crippen molar-refractivity contribution in [1.82, 2.24) is 0 Å². The van der Waals surface area contributed by atoms with Crippen LogP contribution in [0.15, 0.2) is 5.18 Å². The normalized spacial score (nSPS) is 15.3. The Hall–Kier alpha value is -0.440. The number of nitrogens with two attached hydrogens (primary N) is 1. The highest BCUT2D eigenvalue weighted by Gasteiger charge is 2.15. The number of nitroso groups, excluding NO2 is 1. The smallest absolute Gasteiger partial charge is 0.0842 e. The standard InChI is InChI=1S/C10H22N2O/c1-3-4-5-6-10(8-12-13)9(2)7-11/h9-10H,3-8,11H2,1-2H3/t9?,10-/m1/s1. The highest BCUT2D eigenvalue weighted by molar-refractivity contribution is 4.69. The second-order valence-electron chi connectivity index (χ2n) is 3.78. The minimum atomic E-state index is 0.397. The third-order valence-corrected chi connectivity index (χ3v) is 2.66. The van der Waals surface area contributed by atoms with Crippen molar-refractivity contribution >= 4 is 0 Å². The van der Waals surface area contributed by atoms with Gasteiger partial charge in [0.05, 0.1) is 6.54 Å². The molecule has 2 N–H and O–H groups in total. The molecule has 0 bridgehead atoms. The zero-order valence-corrected chi connectivity index (χ0v) is 8.83. The topological polar surface area (TPSA) is 55.5 Å². The van der Waals surface area contributed by atoms with E-state index in [1.54, 1.807) is 0 Å². The zero-order chi connectivity index (χ0) is 10.1. The summed E-state index contributed by atoms with van der Waals surface area (Å²) in [6.45, 7) is 5.37. The molecule has 0 aliphatic rings. The van der Waals surface area contributed by atoms with E-state index in [0.29, 0.717) is 24.9 Å². The Morgan fingerprint density at radius 1 is 1.38 bits per heavy atom. The molecule has 0 spiro atoms. The van der Waals surface area contributed by atoms with E-state index >= 15 is 0 Å². The highest BCUT2D eigenvalue weighted by atomic mass is 16.3. The van der Waals surface area contributed by atoms with Gasteiger partial charge in [-0.05, 0) is 24.8 Å². The van der Waals surface area contributed by atoms with Gasteiger partial charge < -0.3 is 5.73 Å². The maximum Gasteiger partial charge on any atom is 0.0842 e. The van der Waals surface area contributed by atoms with Gasteiger partial charge in [0, 0.05) is 0 Å². The van der Waals surface area contributed by atoms with Crippen molar-refractivity contribution in [2.75, 3.05) is 13.1 Å². The SMILES string of the molecule is CCCCC[C@H](CN=O)C(C)CN. The Kier molecular flexibility index (Phi) is 7.90. The van der Waals surface area contributed by atoms with Crippen molar-refractivity contribution in [2.24, 2.45) is 22.7 Å². The summed E-state index contributed by atoms with van der Waals surface area (Å²) in [7, 11) is 0. The van der Waals surface area contributed by atoms with Crippen molar-refractivity contribution in [1.29, 1.82) is 0 Å². The van der Waals surface area contributed by atoms with E-state index in [1.165, 1.54) is 19.3 Å². The first-order chi connectivity index (χ1) is 6.26. The fourth-order valence-corrected chi connectivity index (χ4v) is 1.50. The minimum Gasteiger partial charge on any atom is -0.330 e. The molecule has 0 aromatic carbocycles.